The maximum absolute atomic E-state index is 14.2. The molecule has 2 heterocycles. The molecular weight excluding hydrogens is 381 g/mol. The van der Waals surface area contributed by atoms with Gasteiger partial charge < -0.3 is 10.1 Å². The van der Waals surface area contributed by atoms with Gasteiger partial charge in [-0.25, -0.2) is 14.2 Å². The van der Waals surface area contributed by atoms with Crippen LogP contribution in [0.2, 0.25) is 0 Å². The fourth-order valence-electron chi connectivity index (χ4n) is 3.91. The Morgan fingerprint density at radius 3 is 2.96 bits per heavy atom. The average molecular weight is 400 g/mol. The van der Waals surface area contributed by atoms with E-state index in [1.165, 1.54) is 12.1 Å². The van der Waals surface area contributed by atoms with Gasteiger partial charge in [-0.15, -0.1) is 0 Å². The summed E-state index contributed by atoms with van der Waals surface area (Å²) < 4.78 is 19.5. The summed E-state index contributed by atoms with van der Waals surface area (Å²) >= 11 is 6.55. The van der Waals surface area contributed by atoms with Crippen molar-refractivity contribution in [2.24, 2.45) is 4.99 Å². The lowest BCUT2D eigenvalue weighted by Crippen LogP contribution is -2.44. The molecule has 4 rings (SSSR count). The van der Waals surface area contributed by atoms with E-state index in [1.54, 1.807) is 31.3 Å². The zero-order chi connectivity index (χ0) is 19.7. The van der Waals surface area contributed by atoms with E-state index in [4.69, 9.17) is 21.3 Å². The molecule has 28 heavy (non-hydrogen) atoms. The van der Waals surface area contributed by atoms with Gasteiger partial charge in [0.05, 0.1) is 6.61 Å². The lowest BCUT2D eigenvalue weighted by molar-refractivity contribution is -0.139. The zero-order valence-electron chi connectivity index (χ0n) is 15.3. The van der Waals surface area contributed by atoms with E-state index in [-0.39, 0.29) is 23.2 Å². The van der Waals surface area contributed by atoms with Crippen molar-refractivity contribution < 1.29 is 13.9 Å². The largest absolute Gasteiger partial charge is 0.462 e. The van der Waals surface area contributed by atoms with Crippen molar-refractivity contribution in [3.05, 3.63) is 76.0 Å². The van der Waals surface area contributed by atoms with Crippen LogP contribution in [-0.4, -0.2) is 23.4 Å². The van der Waals surface area contributed by atoms with Gasteiger partial charge in [-0.05, 0) is 61.6 Å². The number of carbonyl (C=O) groups excluding carboxylic acids is 1. The molecule has 0 saturated carbocycles. The highest BCUT2D eigenvalue weighted by Crippen LogP contribution is 2.47. The van der Waals surface area contributed by atoms with Crippen LogP contribution in [0.3, 0.4) is 0 Å². The number of nitrogens with zero attached hydrogens (tertiary/aromatic N) is 2. The second-order valence-corrected chi connectivity index (χ2v) is 7.10. The van der Waals surface area contributed by atoms with Crippen molar-refractivity contribution in [2.45, 2.75) is 31.7 Å². The first kappa shape index (κ1) is 18.6. The Bertz CT molecular complexity index is 990. The molecule has 1 N–H and O–H groups in total. The SMILES string of the molecule is CCOC(=O)C1=C(Cl)NC(c2ccccn2)=NC12CCCc1ccc(F)cc12. The van der Waals surface area contributed by atoms with E-state index in [1.807, 2.05) is 6.07 Å². The number of aromatic nitrogens is 1. The summed E-state index contributed by atoms with van der Waals surface area (Å²) in [5.41, 5.74) is 1.28. The third-order valence-electron chi connectivity index (χ3n) is 5.05. The van der Waals surface area contributed by atoms with Crippen LogP contribution in [0.4, 0.5) is 4.39 Å². The fraction of sp³-hybridized carbons (Fsp3) is 0.286. The number of esters is 1. The van der Waals surface area contributed by atoms with Gasteiger partial charge >= 0.3 is 5.97 Å². The lowest BCUT2D eigenvalue weighted by Gasteiger charge is -2.40. The summed E-state index contributed by atoms with van der Waals surface area (Å²) in [6, 6.07) is 10.1. The van der Waals surface area contributed by atoms with Gasteiger partial charge in [0.2, 0.25) is 0 Å². The van der Waals surface area contributed by atoms with Gasteiger partial charge in [0.1, 0.15) is 27.8 Å². The Balaban J connectivity index is 1.96. The quantitative estimate of drug-likeness (QED) is 0.629. The van der Waals surface area contributed by atoms with E-state index in [9.17, 15) is 9.18 Å². The lowest BCUT2D eigenvalue weighted by atomic mass is 9.72. The van der Waals surface area contributed by atoms with Gasteiger partial charge in [0.15, 0.2) is 5.84 Å². The van der Waals surface area contributed by atoms with Crippen molar-refractivity contribution in [1.29, 1.82) is 0 Å². The summed E-state index contributed by atoms with van der Waals surface area (Å²) in [6.45, 7) is 1.93. The maximum Gasteiger partial charge on any atom is 0.339 e. The molecule has 1 unspecified atom stereocenters. The molecule has 1 atom stereocenters. The van der Waals surface area contributed by atoms with E-state index in [0.29, 0.717) is 23.5 Å². The second kappa shape index (κ2) is 7.36. The molecule has 0 saturated heterocycles. The van der Waals surface area contributed by atoms with Crippen LogP contribution in [0, 0.1) is 5.82 Å². The van der Waals surface area contributed by atoms with Gasteiger partial charge in [-0.1, -0.05) is 23.7 Å². The first-order valence-corrected chi connectivity index (χ1v) is 9.57. The Hall–Kier alpha value is -2.73. The monoisotopic (exact) mass is 399 g/mol. The highest BCUT2D eigenvalue weighted by molar-refractivity contribution is 6.33. The summed E-state index contributed by atoms with van der Waals surface area (Å²) in [5.74, 6) is -0.496. The van der Waals surface area contributed by atoms with Crippen molar-refractivity contribution in [1.82, 2.24) is 10.3 Å². The van der Waals surface area contributed by atoms with E-state index < -0.39 is 11.5 Å². The van der Waals surface area contributed by atoms with Gasteiger partial charge in [-0.3, -0.25) is 4.98 Å². The van der Waals surface area contributed by atoms with Gasteiger partial charge in [0, 0.05) is 6.20 Å². The van der Waals surface area contributed by atoms with Crippen molar-refractivity contribution in [2.75, 3.05) is 6.61 Å². The maximum atomic E-state index is 14.2. The van der Waals surface area contributed by atoms with E-state index >= 15 is 0 Å². The Labute approximate surface area is 167 Å². The number of benzene rings is 1. The first-order valence-electron chi connectivity index (χ1n) is 9.19. The number of pyridine rings is 1. The average Bonchev–Trinajstić information content (AvgIpc) is 2.69. The number of nitrogens with one attached hydrogen (secondary N) is 1. The van der Waals surface area contributed by atoms with Gasteiger partial charge in [0.25, 0.3) is 0 Å². The van der Waals surface area contributed by atoms with Crippen molar-refractivity contribution >= 4 is 23.4 Å². The van der Waals surface area contributed by atoms with Crippen LogP contribution in [0.25, 0.3) is 0 Å². The molecule has 1 aliphatic heterocycles. The molecule has 0 amide bonds. The number of ether oxygens (including phenoxy) is 1. The Morgan fingerprint density at radius 2 is 2.21 bits per heavy atom. The number of hydrogen-bond donors (Lipinski definition) is 1. The molecule has 7 heteroatoms. The number of hydrogen-bond acceptors (Lipinski definition) is 5. The van der Waals surface area contributed by atoms with E-state index in [2.05, 4.69) is 10.3 Å². The summed E-state index contributed by atoms with van der Waals surface area (Å²) in [6.07, 6.45) is 3.74. The van der Waals surface area contributed by atoms with Gasteiger partial charge in [-0.2, -0.15) is 0 Å². The number of fused-ring (bicyclic) bond motifs is 2. The summed E-state index contributed by atoms with van der Waals surface area (Å²) in [4.78, 5) is 22.1. The number of aryl methyl sites for hydroxylation is 1. The number of amidine groups is 1. The molecular formula is C21H19ClFN3O2. The third kappa shape index (κ3) is 3.07. The first-order chi connectivity index (χ1) is 13.5. The minimum atomic E-state index is -1.11. The summed E-state index contributed by atoms with van der Waals surface area (Å²) in [5, 5.41) is 3.11. The van der Waals surface area contributed by atoms with Crippen LogP contribution in [0.5, 0.6) is 0 Å². The molecule has 1 aromatic carbocycles. The topological polar surface area (TPSA) is 63.6 Å². The number of halogens is 2. The minimum absolute atomic E-state index is 0.131. The van der Waals surface area contributed by atoms with Crippen LogP contribution < -0.4 is 5.32 Å². The predicted molar refractivity (Wildman–Crippen MR) is 104 cm³/mol. The molecule has 5 nitrogen and oxygen atoms in total. The van der Waals surface area contributed by atoms with Crippen LogP contribution >= 0.6 is 11.6 Å². The molecule has 144 valence electrons. The fourth-order valence-corrected chi connectivity index (χ4v) is 4.23. The van der Waals surface area contributed by atoms with Crippen molar-refractivity contribution in [3.8, 4) is 0 Å². The predicted octanol–water partition coefficient (Wildman–Crippen LogP) is 3.82. The molecule has 0 bridgehead atoms. The molecule has 0 fully saturated rings. The smallest absolute Gasteiger partial charge is 0.339 e. The third-order valence-corrected chi connectivity index (χ3v) is 5.34. The second-order valence-electron chi connectivity index (χ2n) is 6.73. The molecule has 1 aromatic heterocycles. The highest BCUT2D eigenvalue weighted by Gasteiger charge is 2.48. The minimum Gasteiger partial charge on any atom is -0.462 e. The van der Waals surface area contributed by atoms with Crippen LogP contribution in [0.1, 0.15) is 36.6 Å². The molecule has 1 aliphatic carbocycles. The van der Waals surface area contributed by atoms with Crippen molar-refractivity contribution in [3.63, 3.8) is 0 Å². The zero-order valence-corrected chi connectivity index (χ0v) is 16.1. The van der Waals surface area contributed by atoms with Crippen LogP contribution in [0.15, 0.2) is 58.3 Å². The number of aliphatic imine (C=N–C) groups is 1. The number of rotatable bonds is 3. The molecule has 2 aromatic rings. The van der Waals surface area contributed by atoms with Crippen LogP contribution in [-0.2, 0) is 21.5 Å². The van der Waals surface area contributed by atoms with E-state index in [0.717, 1.165) is 18.4 Å². The standard InChI is InChI=1S/C21H19ClFN3O2/c1-2-28-20(27)17-18(22)25-19(16-7-3-4-11-24-16)26-21(17)10-5-6-13-8-9-14(23)12-15(13)21/h3-4,7-9,11-12H,2,5-6,10H2,1H3,(H,25,26). The Morgan fingerprint density at radius 1 is 1.36 bits per heavy atom. The highest BCUT2D eigenvalue weighted by atomic mass is 35.5. The molecule has 2 aliphatic rings. The summed E-state index contributed by atoms with van der Waals surface area (Å²) in [7, 11) is 0. The Kier molecular flexibility index (Phi) is 4.89. The molecule has 0 radical (unpaired) electrons. The molecule has 1 spiro atoms. The normalized spacial score (nSPS) is 21.0. The number of carbonyl (C=O) groups is 1.